The van der Waals surface area contributed by atoms with Crippen LogP contribution in [0, 0.1) is 5.92 Å². The fourth-order valence-electron chi connectivity index (χ4n) is 2.80. The van der Waals surface area contributed by atoms with E-state index in [1.807, 2.05) is 0 Å². The maximum Gasteiger partial charge on any atom is 0.267 e. The fraction of sp³-hybridized carbons (Fsp3) is 0.412. The lowest BCUT2D eigenvalue weighted by Crippen LogP contribution is -2.37. The number of primary amides is 1. The minimum atomic E-state index is -0.569. The highest BCUT2D eigenvalue weighted by Gasteiger charge is 2.21. The van der Waals surface area contributed by atoms with Crippen LogP contribution in [0.4, 0.5) is 5.82 Å². The Bertz CT molecular complexity index is 812. The highest BCUT2D eigenvalue weighted by atomic mass is 16.5. The molecule has 1 aliphatic rings. The number of hydrogen-bond acceptors (Lipinski definition) is 6. The van der Waals surface area contributed by atoms with E-state index in [1.165, 1.54) is 10.8 Å². The van der Waals surface area contributed by atoms with Crippen LogP contribution in [0.3, 0.4) is 0 Å². The molecule has 3 heterocycles. The summed E-state index contributed by atoms with van der Waals surface area (Å²) in [5, 5.41) is 0. The van der Waals surface area contributed by atoms with Gasteiger partial charge in [0.25, 0.3) is 11.5 Å². The van der Waals surface area contributed by atoms with Crippen LogP contribution in [0.15, 0.2) is 35.5 Å². The number of ether oxygens (including phenoxy) is 1. The van der Waals surface area contributed by atoms with Crippen molar-refractivity contribution in [1.82, 2.24) is 14.5 Å². The van der Waals surface area contributed by atoms with E-state index < -0.39 is 5.91 Å². The van der Waals surface area contributed by atoms with Gasteiger partial charge >= 0.3 is 0 Å². The minimum absolute atomic E-state index is 0.0570. The van der Waals surface area contributed by atoms with Crippen molar-refractivity contribution in [3.63, 3.8) is 0 Å². The number of piperidine rings is 1. The molecule has 8 heteroatoms. The van der Waals surface area contributed by atoms with Crippen LogP contribution in [0.5, 0.6) is 5.75 Å². The number of carbonyl (C=O) groups is 1. The maximum atomic E-state index is 11.7. The van der Waals surface area contributed by atoms with Crippen molar-refractivity contribution in [2.24, 2.45) is 18.7 Å². The first-order valence-corrected chi connectivity index (χ1v) is 8.19. The minimum Gasteiger partial charge on any atom is -0.493 e. The molecule has 3 rings (SSSR count). The predicted octanol–water partition coefficient (Wildman–Crippen LogP) is 0.570. The van der Waals surface area contributed by atoms with Gasteiger partial charge < -0.3 is 19.9 Å². The summed E-state index contributed by atoms with van der Waals surface area (Å²) >= 11 is 0. The molecule has 2 aromatic rings. The highest BCUT2D eigenvalue weighted by molar-refractivity contribution is 5.91. The Balaban J connectivity index is 1.52. The molecule has 0 saturated carbocycles. The molecule has 0 spiro atoms. The first-order chi connectivity index (χ1) is 12.0. The van der Waals surface area contributed by atoms with E-state index in [9.17, 15) is 9.59 Å². The molecule has 1 amide bonds. The van der Waals surface area contributed by atoms with Crippen molar-refractivity contribution in [3.05, 3.63) is 46.8 Å². The summed E-state index contributed by atoms with van der Waals surface area (Å²) in [6.45, 7) is 2.23. The van der Waals surface area contributed by atoms with Gasteiger partial charge in [-0.2, -0.15) is 0 Å². The van der Waals surface area contributed by atoms with Gasteiger partial charge in [0.2, 0.25) is 0 Å². The monoisotopic (exact) mass is 343 g/mol. The van der Waals surface area contributed by atoms with Gasteiger partial charge in [-0.3, -0.25) is 14.6 Å². The molecule has 2 aromatic heterocycles. The molecule has 0 bridgehead atoms. The zero-order valence-electron chi connectivity index (χ0n) is 14.1. The standard InChI is InChI=1S/C17H21N5O3/c1-21-11-20-15(9-16(21)23)22-6-3-12(4-7-22)10-25-13-2-5-19-14(8-13)17(18)24/h2,5,8-9,11-12H,3-4,6-7,10H2,1H3,(H2,18,24). The van der Waals surface area contributed by atoms with Gasteiger partial charge in [-0.15, -0.1) is 0 Å². The number of carbonyl (C=O) groups excluding carboxylic acids is 1. The average Bonchev–Trinajstić information content (AvgIpc) is 2.63. The fourth-order valence-corrected chi connectivity index (χ4v) is 2.80. The molecule has 25 heavy (non-hydrogen) atoms. The van der Waals surface area contributed by atoms with Gasteiger partial charge in [0.1, 0.15) is 17.3 Å². The number of hydrogen-bond donors (Lipinski definition) is 1. The molecule has 1 aliphatic heterocycles. The van der Waals surface area contributed by atoms with Gasteiger partial charge in [0.15, 0.2) is 0 Å². The molecule has 1 fully saturated rings. The zero-order chi connectivity index (χ0) is 17.8. The summed E-state index contributed by atoms with van der Waals surface area (Å²) in [7, 11) is 1.69. The number of nitrogens with zero attached hydrogens (tertiary/aromatic N) is 4. The molecule has 0 atom stereocenters. The molecule has 0 aliphatic carbocycles. The summed E-state index contributed by atoms with van der Waals surface area (Å²) in [4.78, 5) is 33.2. The van der Waals surface area contributed by atoms with Crippen molar-refractivity contribution in [3.8, 4) is 5.75 Å². The molecule has 8 nitrogen and oxygen atoms in total. The lowest BCUT2D eigenvalue weighted by Gasteiger charge is -2.32. The topological polar surface area (TPSA) is 103 Å². The maximum absolute atomic E-state index is 11.7. The van der Waals surface area contributed by atoms with Crippen LogP contribution in [-0.2, 0) is 7.05 Å². The molecular weight excluding hydrogens is 322 g/mol. The third kappa shape index (κ3) is 4.14. The number of anilines is 1. The normalized spacial score (nSPS) is 15.2. The van der Waals surface area contributed by atoms with Crippen LogP contribution < -0.4 is 20.9 Å². The zero-order valence-corrected chi connectivity index (χ0v) is 14.1. The number of nitrogens with two attached hydrogens (primary N) is 1. The third-order valence-corrected chi connectivity index (χ3v) is 4.37. The third-order valence-electron chi connectivity index (χ3n) is 4.37. The second-order valence-electron chi connectivity index (χ2n) is 6.18. The molecule has 2 N–H and O–H groups in total. The summed E-state index contributed by atoms with van der Waals surface area (Å²) in [5.74, 6) is 1.16. The van der Waals surface area contributed by atoms with Crippen LogP contribution >= 0.6 is 0 Å². The summed E-state index contributed by atoms with van der Waals surface area (Å²) < 4.78 is 7.23. The largest absolute Gasteiger partial charge is 0.493 e. The first-order valence-electron chi connectivity index (χ1n) is 8.19. The Hall–Kier alpha value is -2.90. The second kappa shape index (κ2) is 7.33. The smallest absolute Gasteiger partial charge is 0.267 e. The quantitative estimate of drug-likeness (QED) is 0.851. The van der Waals surface area contributed by atoms with Crippen LogP contribution in [0.1, 0.15) is 23.3 Å². The second-order valence-corrected chi connectivity index (χ2v) is 6.18. The van der Waals surface area contributed by atoms with Crippen molar-refractivity contribution in [2.75, 3.05) is 24.6 Å². The van der Waals surface area contributed by atoms with Gasteiger partial charge in [0.05, 0.1) is 12.9 Å². The number of aryl methyl sites for hydroxylation is 1. The van der Waals surface area contributed by atoms with Gasteiger partial charge in [-0.1, -0.05) is 0 Å². The van der Waals surface area contributed by atoms with Crippen molar-refractivity contribution >= 4 is 11.7 Å². The van der Waals surface area contributed by atoms with E-state index in [0.717, 1.165) is 31.7 Å². The number of rotatable bonds is 5. The summed E-state index contributed by atoms with van der Waals surface area (Å²) in [5.41, 5.74) is 5.36. The van der Waals surface area contributed by atoms with Gasteiger partial charge in [0, 0.05) is 38.5 Å². The van der Waals surface area contributed by atoms with E-state index in [1.54, 1.807) is 31.6 Å². The Morgan fingerprint density at radius 1 is 1.32 bits per heavy atom. The molecular formula is C17H21N5O3. The van der Waals surface area contributed by atoms with Crippen molar-refractivity contribution < 1.29 is 9.53 Å². The summed E-state index contributed by atoms with van der Waals surface area (Å²) in [6.07, 6.45) is 4.96. The van der Waals surface area contributed by atoms with E-state index in [-0.39, 0.29) is 11.3 Å². The Morgan fingerprint density at radius 3 is 2.76 bits per heavy atom. The predicted molar refractivity (Wildman–Crippen MR) is 92.7 cm³/mol. The number of pyridine rings is 1. The van der Waals surface area contributed by atoms with Crippen LogP contribution in [0.25, 0.3) is 0 Å². The van der Waals surface area contributed by atoms with E-state index >= 15 is 0 Å². The molecule has 0 aromatic carbocycles. The summed E-state index contributed by atoms with van der Waals surface area (Å²) in [6, 6.07) is 4.84. The van der Waals surface area contributed by atoms with Crippen LogP contribution in [0.2, 0.25) is 0 Å². The van der Waals surface area contributed by atoms with Gasteiger partial charge in [-0.05, 0) is 24.8 Å². The van der Waals surface area contributed by atoms with E-state index in [4.69, 9.17) is 10.5 Å². The molecule has 0 radical (unpaired) electrons. The van der Waals surface area contributed by atoms with E-state index in [0.29, 0.717) is 18.3 Å². The molecule has 132 valence electrons. The lowest BCUT2D eigenvalue weighted by molar-refractivity contribution is 0.0995. The Kier molecular flexibility index (Phi) is 4.97. The molecule has 0 unspecified atom stereocenters. The van der Waals surface area contributed by atoms with Crippen molar-refractivity contribution in [2.45, 2.75) is 12.8 Å². The lowest BCUT2D eigenvalue weighted by atomic mass is 9.98. The van der Waals surface area contributed by atoms with Crippen molar-refractivity contribution in [1.29, 1.82) is 0 Å². The Labute approximate surface area is 145 Å². The number of aromatic nitrogens is 3. The first kappa shape index (κ1) is 16.9. The van der Waals surface area contributed by atoms with Gasteiger partial charge in [-0.25, -0.2) is 4.98 Å². The molecule has 1 saturated heterocycles. The van der Waals surface area contributed by atoms with E-state index in [2.05, 4.69) is 14.9 Å². The number of amides is 1. The highest BCUT2D eigenvalue weighted by Crippen LogP contribution is 2.22. The van der Waals surface area contributed by atoms with Crippen LogP contribution in [-0.4, -0.2) is 40.1 Å². The SMILES string of the molecule is Cn1cnc(N2CCC(COc3ccnc(C(N)=O)c3)CC2)cc1=O. The Morgan fingerprint density at radius 2 is 2.08 bits per heavy atom. The average molecular weight is 343 g/mol.